The Kier molecular flexibility index (Phi) is 5.10. The van der Waals surface area contributed by atoms with Crippen molar-refractivity contribution in [2.75, 3.05) is 13.2 Å². The van der Waals surface area contributed by atoms with E-state index in [1.807, 2.05) is 0 Å². The van der Waals surface area contributed by atoms with Crippen LogP contribution in [0, 0.1) is 23.2 Å². The zero-order valence-corrected chi connectivity index (χ0v) is 16.8. The molecule has 1 N–H and O–H groups in total. The molecule has 6 heteroatoms. The number of ketones is 1. The van der Waals surface area contributed by atoms with Crippen molar-refractivity contribution in [1.29, 1.82) is 0 Å². The smallest absolute Gasteiger partial charge is 0.325 e. The molecule has 4 saturated carbocycles. The summed E-state index contributed by atoms with van der Waals surface area (Å²) >= 11 is 3.31. The van der Waals surface area contributed by atoms with Gasteiger partial charge >= 0.3 is 5.97 Å². The zero-order chi connectivity index (χ0) is 19.0. The fourth-order valence-electron chi connectivity index (χ4n) is 5.66. The third-order valence-corrected chi connectivity index (χ3v) is 7.02. The molecule has 0 heterocycles. The Morgan fingerprint density at radius 3 is 2.11 bits per heavy atom. The first kappa shape index (κ1) is 18.7. The van der Waals surface area contributed by atoms with Gasteiger partial charge in [-0.3, -0.25) is 14.4 Å². The Morgan fingerprint density at radius 1 is 1.00 bits per heavy atom. The minimum Gasteiger partial charge on any atom is -0.456 e. The lowest BCUT2D eigenvalue weighted by molar-refractivity contribution is -0.157. The van der Waals surface area contributed by atoms with E-state index in [9.17, 15) is 14.4 Å². The van der Waals surface area contributed by atoms with Gasteiger partial charge in [-0.25, -0.2) is 0 Å². The van der Waals surface area contributed by atoms with Crippen LogP contribution in [0.15, 0.2) is 28.7 Å². The number of hydrogen-bond donors (Lipinski definition) is 1. The molecule has 1 aromatic carbocycles. The van der Waals surface area contributed by atoms with E-state index in [0.717, 1.165) is 23.7 Å². The minimum absolute atomic E-state index is 0.0780. The highest BCUT2D eigenvalue weighted by atomic mass is 79.9. The molecule has 0 saturated heterocycles. The van der Waals surface area contributed by atoms with Gasteiger partial charge in [0, 0.05) is 15.5 Å². The summed E-state index contributed by atoms with van der Waals surface area (Å²) in [6, 6.07) is 6.86. The van der Waals surface area contributed by atoms with Crippen molar-refractivity contribution in [3.63, 3.8) is 0 Å². The van der Waals surface area contributed by atoms with E-state index in [4.69, 9.17) is 4.74 Å². The largest absolute Gasteiger partial charge is 0.456 e. The predicted octanol–water partition coefficient (Wildman–Crippen LogP) is 3.51. The van der Waals surface area contributed by atoms with Crippen LogP contribution in [0.5, 0.6) is 0 Å². The van der Waals surface area contributed by atoms with Crippen molar-refractivity contribution in [2.24, 2.45) is 23.2 Å². The molecule has 0 spiro atoms. The first-order valence-electron chi connectivity index (χ1n) is 9.66. The van der Waals surface area contributed by atoms with Crippen LogP contribution >= 0.6 is 15.9 Å². The molecule has 144 valence electrons. The summed E-state index contributed by atoms with van der Waals surface area (Å²) in [6.07, 6.45) is 6.72. The lowest BCUT2D eigenvalue weighted by atomic mass is 9.48. The Morgan fingerprint density at radius 2 is 1.56 bits per heavy atom. The van der Waals surface area contributed by atoms with Crippen molar-refractivity contribution in [2.45, 2.75) is 38.5 Å². The zero-order valence-electron chi connectivity index (χ0n) is 15.2. The number of halogens is 1. The molecule has 0 radical (unpaired) electrons. The number of nitrogens with one attached hydrogen (secondary N) is 1. The van der Waals surface area contributed by atoms with Gasteiger partial charge in [-0.15, -0.1) is 0 Å². The van der Waals surface area contributed by atoms with Gasteiger partial charge in [0.25, 0.3) is 5.91 Å². The summed E-state index contributed by atoms with van der Waals surface area (Å²) in [5.74, 6) is 1.21. The van der Waals surface area contributed by atoms with Crippen LogP contribution in [-0.4, -0.2) is 30.8 Å². The quantitative estimate of drug-likeness (QED) is 0.696. The molecule has 4 aliphatic carbocycles. The normalized spacial score (nSPS) is 30.8. The number of Topliss-reactive ketones (excluding diaryl/α,β-unsaturated/α-hetero) is 1. The second kappa shape index (κ2) is 7.38. The number of esters is 1. The van der Waals surface area contributed by atoms with Crippen LogP contribution in [0.2, 0.25) is 0 Å². The number of rotatable bonds is 6. The number of amides is 1. The summed E-state index contributed by atoms with van der Waals surface area (Å²) in [7, 11) is 0. The molecule has 0 aliphatic heterocycles. The number of hydrogen-bond acceptors (Lipinski definition) is 4. The summed E-state index contributed by atoms with van der Waals surface area (Å²) in [6.45, 7) is -0.401. The van der Waals surface area contributed by atoms with Crippen molar-refractivity contribution >= 4 is 33.6 Å². The van der Waals surface area contributed by atoms with Gasteiger partial charge in [0.1, 0.15) is 6.54 Å². The third-order valence-electron chi connectivity index (χ3n) is 6.49. The number of carbonyl (C=O) groups excluding carboxylic acids is 3. The highest BCUT2D eigenvalue weighted by molar-refractivity contribution is 9.10. The molecule has 4 aliphatic rings. The van der Waals surface area contributed by atoms with Crippen molar-refractivity contribution in [1.82, 2.24) is 5.32 Å². The van der Waals surface area contributed by atoms with Crippen LogP contribution in [0.3, 0.4) is 0 Å². The molecule has 4 fully saturated rings. The molecule has 27 heavy (non-hydrogen) atoms. The van der Waals surface area contributed by atoms with Crippen LogP contribution in [0.25, 0.3) is 0 Å². The monoisotopic (exact) mass is 433 g/mol. The number of carbonyl (C=O) groups is 3. The fraction of sp³-hybridized carbons (Fsp3) is 0.571. The lowest BCUT2D eigenvalue weighted by Crippen LogP contribution is -2.51. The van der Waals surface area contributed by atoms with E-state index < -0.39 is 5.97 Å². The van der Waals surface area contributed by atoms with Gasteiger partial charge in [0.05, 0.1) is 0 Å². The Bertz CT molecular complexity index is 723. The summed E-state index contributed by atoms with van der Waals surface area (Å²) in [4.78, 5) is 36.8. The molecule has 4 bridgehead atoms. The molecule has 1 aromatic rings. The number of benzene rings is 1. The Balaban J connectivity index is 1.25. The summed E-state index contributed by atoms with van der Waals surface area (Å²) in [5, 5.41) is 2.54. The second-order valence-electron chi connectivity index (χ2n) is 8.47. The summed E-state index contributed by atoms with van der Waals surface area (Å²) in [5.41, 5.74) is 0.214. The second-order valence-corrected chi connectivity index (χ2v) is 9.39. The maximum absolute atomic E-state index is 12.8. The Hall–Kier alpha value is -1.69. The fourth-order valence-corrected chi connectivity index (χ4v) is 5.92. The van der Waals surface area contributed by atoms with E-state index in [-0.39, 0.29) is 30.3 Å². The molecular weight excluding hydrogens is 410 g/mol. The van der Waals surface area contributed by atoms with Gasteiger partial charge in [0.2, 0.25) is 0 Å². The van der Waals surface area contributed by atoms with Gasteiger partial charge in [0.15, 0.2) is 12.4 Å². The topological polar surface area (TPSA) is 72.5 Å². The SMILES string of the molecule is O=C(CNC(=O)c1ccc(Br)cc1)OCC(=O)C12CC3CC(CC(C3)C1)C2. The maximum atomic E-state index is 12.8. The average molecular weight is 434 g/mol. The van der Waals surface area contributed by atoms with Gasteiger partial charge < -0.3 is 10.1 Å². The molecule has 0 aromatic heterocycles. The molecule has 0 unspecified atom stereocenters. The minimum atomic E-state index is -0.571. The van der Waals surface area contributed by atoms with Crippen molar-refractivity contribution in [3.05, 3.63) is 34.3 Å². The van der Waals surface area contributed by atoms with Crippen molar-refractivity contribution in [3.8, 4) is 0 Å². The third kappa shape index (κ3) is 3.96. The maximum Gasteiger partial charge on any atom is 0.325 e. The van der Waals surface area contributed by atoms with E-state index in [1.54, 1.807) is 24.3 Å². The lowest BCUT2D eigenvalue weighted by Gasteiger charge is -2.55. The average Bonchev–Trinajstić information content (AvgIpc) is 2.63. The highest BCUT2D eigenvalue weighted by Crippen LogP contribution is 2.60. The molecule has 5 rings (SSSR count). The van der Waals surface area contributed by atoms with Crippen LogP contribution < -0.4 is 5.32 Å². The first-order chi connectivity index (χ1) is 12.9. The van der Waals surface area contributed by atoms with Gasteiger partial charge in [-0.1, -0.05) is 15.9 Å². The van der Waals surface area contributed by atoms with Crippen molar-refractivity contribution < 1.29 is 19.1 Å². The van der Waals surface area contributed by atoms with Crippen LogP contribution in [-0.2, 0) is 14.3 Å². The van der Waals surface area contributed by atoms with Crippen LogP contribution in [0.4, 0.5) is 0 Å². The first-order valence-corrected chi connectivity index (χ1v) is 10.5. The molecule has 5 nitrogen and oxygen atoms in total. The van der Waals surface area contributed by atoms with E-state index in [0.29, 0.717) is 23.3 Å². The predicted molar refractivity (Wildman–Crippen MR) is 103 cm³/mol. The standard InChI is InChI=1S/C21H24BrNO4/c22-17-3-1-16(2-4-17)20(26)23-11-19(25)27-12-18(24)21-8-13-5-14(9-21)7-15(6-13)10-21/h1-4,13-15H,5-12H2,(H,23,26). The molecular formula is C21H24BrNO4. The highest BCUT2D eigenvalue weighted by Gasteiger charge is 2.54. The number of ether oxygens (including phenoxy) is 1. The van der Waals surface area contributed by atoms with Gasteiger partial charge in [-0.2, -0.15) is 0 Å². The van der Waals surface area contributed by atoms with E-state index in [2.05, 4.69) is 21.2 Å². The molecule has 1 amide bonds. The van der Waals surface area contributed by atoms with E-state index in [1.165, 1.54) is 19.3 Å². The van der Waals surface area contributed by atoms with Gasteiger partial charge in [-0.05, 0) is 80.5 Å². The Labute approximate surface area is 167 Å². The van der Waals surface area contributed by atoms with E-state index >= 15 is 0 Å². The van der Waals surface area contributed by atoms with Crippen LogP contribution in [0.1, 0.15) is 48.9 Å². The molecule has 0 atom stereocenters. The summed E-state index contributed by atoms with van der Waals surface area (Å²) < 4.78 is 6.06.